The lowest BCUT2D eigenvalue weighted by Crippen LogP contribution is -2.39. The number of carbonyl (C=O) groups is 1. The average molecular weight is 496 g/mol. The van der Waals surface area contributed by atoms with E-state index in [0.29, 0.717) is 34.3 Å². The number of aromatic nitrogens is 2. The molecule has 2 heterocycles. The molecule has 5 aromatic rings. The summed E-state index contributed by atoms with van der Waals surface area (Å²) in [6.45, 7) is 1.78. The molecule has 7 nitrogen and oxygen atoms in total. The maximum Gasteiger partial charge on any atom is 0.252 e. The van der Waals surface area contributed by atoms with Crippen LogP contribution in [0, 0.1) is 6.92 Å². The van der Waals surface area contributed by atoms with E-state index >= 15 is 0 Å². The van der Waals surface area contributed by atoms with Gasteiger partial charge in [0.15, 0.2) is 0 Å². The zero-order valence-corrected chi connectivity index (χ0v) is 21.0. The highest BCUT2D eigenvalue weighted by Crippen LogP contribution is 2.30. The van der Waals surface area contributed by atoms with E-state index in [0.717, 1.165) is 33.3 Å². The van der Waals surface area contributed by atoms with Crippen molar-refractivity contribution in [2.24, 2.45) is 0 Å². The largest absolute Gasteiger partial charge is 0.497 e. The number of hydrogen-bond acceptors (Lipinski definition) is 5. The number of hydrogen-bond donors (Lipinski definition) is 3. The van der Waals surface area contributed by atoms with E-state index in [2.05, 4.69) is 10.3 Å². The van der Waals surface area contributed by atoms with Gasteiger partial charge >= 0.3 is 0 Å². The van der Waals surface area contributed by atoms with Crippen LogP contribution in [0.5, 0.6) is 11.5 Å². The Kier molecular flexibility index (Phi) is 6.79. The van der Waals surface area contributed by atoms with Crippen molar-refractivity contribution in [2.75, 3.05) is 20.8 Å². The zero-order valence-electron chi connectivity index (χ0n) is 21.0. The molecule has 188 valence electrons. The standard InChI is InChI=1S/C30H29N3O4/c1-18-12-19(8-11-29(18)37-3)28-15-25(24-14-22(36-2)9-10-27(24)33-28)30(35)32-21(17-34)13-20-16-31-26-7-5-4-6-23(20)26/h4-12,14-16,21,31,34H,13,17H2,1-3H3,(H,32,35). The van der Waals surface area contributed by atoms with Crippen LogP contribution in [-0.2, 0) is 6.42 Å². The molecule has 0 fully saturated rings. The number of rotatable bonds is 8. The van der Waals surface area contributed by atoms with Crippen molar-refractivity contribution in [1.82, 2.24) is 15.3 Å². The van der Waals surface area contributed by atoms with Gasteiger partial charge < -0.3 is 24.9 Å². The quantitative estimate of drug-likeness (QED) is 0.280. The number of aryl methyl sites for hydroxylation is 1. The van der Waals surface area contributed by atoms with E-state index in [4.69, 9.17) is 14.5 Å². The smallest absolute Gasteiger partial charge is 0.252 e. The lowest BCUT2D eigenvalue weighted by atomic mass is 10.0. The molecular weight excluding hydrogens is 466 g/mol. The molecule has 0 aliphatic rings. The molecule has 7 heteroatoms. The Hall–Kier alpha value is -4.36. The Bertz CT molecular complexity index is 1590. The van der Waals surface area contributed by atoms with Crippen molar-refractivity contribution in [3.63, 3.8) is 0 Å². The van der Waals surface area contributed by atoms with Gasteiger partial charge in [0.2, 0.25) is 0 Å². The second-order valence-electron chi connectivity index (χ2n) is 9.04. The fourth-order valence-corrected chi connectivity index (χ4v) is 4.70. The third-order valence-corrected chi connectivity index (χ3v) is 6.65. The van der Waals surface area contributed by atoms with E-state index in [1.807, 2.05) is 73.8 Å². The first-order valence-corrected chi connectivity index (χ1v) is 12.1. The average Bonchev–Trinajstić information content (AvgIpc) is 3.34. The Morgan fingerprint density at radius 1 is 1.03 bits per heavy atom. The summed E-state index contributed by atoms with van der Waals surface area (Å²) in [4.78, 5) is 21.7. The van der Waals surface area contributed by atoms with Gasteiger partial charge in [0, 0.05) is 28.0 Å². The Labute approximate surface area is 215 Å². The van der Waals surface area contributed by atoms with Crippen LogP contribution >= 0.6 is 0 Å². The number of amides is 1. The summed E-state index contributed by atoms with van der Waals surface area (Å²) in [6, 6.07) is 20.6. The second-order valence-corrected chi connectivity index (χ2v) is 9.04. The predicted molar refractivity (Wildman–Crippen MR) is 145 cm³/mol. The number of aliphatic hydroxyl groups excluding tert-OH is 1. The molecule has 37 heavy (non-hydrogen) atoms. The maximum absolute atomic E-state index is 13.7. The molecule has 3 aromatic carbocycles. The van der Waals surface area contributed by atoms with Crippen LogP contribution in [0.2, 0.25) is 0 Å². The summed E-state index contributed by atoms with van der Waals surface area (Å²) in [5.41, 5.74) is 5.71. The number of ether oxygens (including phenoxy) is 2. The highest BCUT2D eigenvalue weighted by Gasteiger charge is 2.20. The molecular formula is C30H29N3O4. The van der Waals surface area contributed by atoms with Gasteiger partial charge in [-0.05, 0) is 73.0 Å². The Morgan fingerprint density at radius 3 is 2.62 bits per heavy atom. The van der Waals surface area contributed by atoms with E-state index in [1.165, 1.54) is 0 Å². The monoisotopic (exact) mass is 495 g/mol. The van der Waals surface area contributed by atoms with Gasteiger partial charge in [-0.3, -0.25) is 4.79 Å². The van der Waals surface area contributed by atoms with Crippen LogP contribution in [0.25, 0.3) is 33.1 Å². The van der Waals surface area contributed by atoms with Crippen LogP contribution in [0.15, 0.2) is 72.9 Å². The van der Waals surface area contributed by atoms with E-state index in [-0.39, 0.29) is 12.5 Å². The molecule has 0 aliphatic heterocycles. The molecule has 0 radical (unpaired) electrons. The number of methoxy groups -OCH3 is 2. The van der Waals surface area contributed by atoms with Crippen molar-refractivity contribution >= 4 is 27.7 Å². The minimum absolute atomic E-state index is 0.192. The minimum Gasteiger partial charge on any atom is -0.497 e. The van der Waals surface area contributed by atoms with Gasteiger partial charge in [-0.25, -0.2) is 4.98 Å². The molecule has 5 rings (SSSR count). The van der Waals surface area contributed by atoms with Crippen molar-refractivity contribution < 1.29 is 19.4 Å². The molecule has 3 N–H and O–H groups in total. The number of nitrogens with one attached hydrogen (secondary N) is 2. The highest BCUT2D eigenvalue weighted by atomic mass is 16.5. The molecule has 1 amide bonds. The van der Waals surface area contributed by atoms with Gasteiger partial charge in [0.25, 0.3) is 5.91 Å². The molecule has 0 aliphatic carbocycles. The molecule has 0 saturated carbocycles. The van der Waals surface area contributed by atoms with Gasteiger partial charge in [-0.2, -0.15) is 0 Å². The fraction of sp³-hybridized carbons (Fsp3) is 0.200. The van der Waals surface area contributed by atoms with E-state index in [1.54, 1.807) is 20.3 Å². The number of aliphatic hydroxyl groups is 1. The summed E-state index contributed by atoms with van der Waals surface area (Å²) in [7, 11) is 3.23. The lowest BCUT2D eigenvalue weighted by molar-refractivity contribution is 0.0918. The number of fused-ring (bicyclic) bond motifs is 2. The van der Waals surface area contributed by atoms with Crippen LogP contribution in [0.1, 0.15) is 21.5 Å². The van der Waals surface area contributed by atoms with Crippen LogP contribution in [-0.4, -0.2) is 47.8 Å². The normalized spacial score (nSPS) is 12.0. The van der Waals surface area contributed by atoms with Gasteiger partial charge in [0.05, 0.1) is 43.6 Å². The van der Waals surface area contributed by atoms with Crippen LogP contribution < -0.4 is 14.8 Å². The number of benzene rings is 3. The maximum atomic E-state index is 13.7. The van der Waals surface area contributed by atoms with Gasteiger partial charge in [-0.1, -0.05) is 18.2 Å². The number of H-pyrrole nitrogens is 1. The summed E-state index contributed by atoms with van der Waals surface area (Å²) >= 11 is 0. The molecule has 1 unspecified atom stereocenters. The fourth-order valence-electron chi connectivity index (χ4n) is 4.70. The first kappa shape index (κ1) is 24.3. The molecule has 0 saturated heterocycles. The van der Waals surface area contributed by atoms with Crippen LogP contribution in [0.3, 0.4) is 0 Å². The summed E-state index contributed by atoms with van der Waals surface area (Å²) < 4.78 is 10.8. The number of para-hydroxylation sites is 1. The number of pyridine rings is 1. The Morgan fingerprint density at radius 2 is 1.86 bits per heavy atom. The number of aromatic amines is 1. The van der Waals surface area contributed by atoms with Crippen molar-refractivity contribution in [1.29, 1.82) is 0 Å². The third kappa shape index (κ3) is 4.86. The van der Waals surface area contributed by atoms with E-state index in [9.17, 15) is 9.90 Å². The number of nitrogens with zero attached hydrogens (tertiary/aromatic N) is 1. The Balaban J connectivity index is 1.51. The highest BCUT2D eigenvalue weighted by molar-refractivity contribution is 6.07. The lowest BCUT2D eigenvalue weighted by Gasteiger charge is -2.18. The molecule has 2 aromatic heterocycles. The first-order chi connectivity index (χ1) is 18.0. The summed E-state index contributed by atoms with van der Waals surface area (Å²) in [5.74, 6) is 1.13. The van der Waals surface area contributed by atoms with Crippen molar-refractivity contribution in [3.05, 3.63) is 89.6 Å². The number of carbonyl (C=O) groups excluding carboxylic acids is 1. The second kappa shape index (κ2) is 10.3. The van der Waals surface area contributed by atoms with Crippen LogP contribution in [0.4, 0.5) is 0 Å². The summed E-state index contributed by atoms with van der Waals surface area (Å²) in [5, 5.41) is 14.9. The SMILES string of the molecule is COc1ccc2nc(-c3ccc(OC)c(C)c3)cc(C(=O)NC(CO)Cc3c[nH]c4ccccc34)c2c1. The van der Waals surface area contributed by atoms with E-state index < -0.39 is 6.04 Å². The zero-order chi connectivity index (χ0) is 25.9. The van der Waals surface area contributed by atoms with Gasteiger partial charge in [-0.15, -0.1) is 0 Å². The summed E-state index contributed by atoms with van der Waals surface area (Å²) in [6.07, 6.45) is 2.42. The third-order valence-electron chi connectivity index (χ3n) is 6.65. The molecule has 0 bridgehead atoms. The minimum atomic E-state index is -0.466. The van der Waals surface area contributed by atoms with Gasteiger partial charge in [0.1, 0.15) is 11.5 Å². The molecule has 1 atom stereocenters. The predicted octanol–water partition coefficient (Wildman–Crippen LogP) is 5.04. The molecule has 0 spiro atoms. The van der Waals surface area contributed by atoms with Crippen molar-refractivity contribution in [2.45, 2.75) is 19.4 Å². The first-order valence-electron chi connectivity index (χ1n) is 12.1. The topological polar surface area (TPSA) is 96.5 Å². The van der Waals surface area contributed by atoms with Crippen molar-refractivity contribution in [3.8, 4) is 22.8 Å².